The number of fused-ring (bicyclic) bond motifs is 3. The van der Waals surface area contributed by atoms with E-state index in [0.29, 0.717) is 6.54 Å². The maximum Gasteiger partial charge on any atom is 0.319 e. The molecule has 4 rings (SSSR count). The molecule has 3 aromatic rings. The first kappa shape index (κ1) is 12.9. The smallest absolute Gasteiger partial charge is 0.319 e. The molecule has 0 fully saturated rings. The van der Waals surface area contributed by atoms with Gasteiger partial charge in [-0.3, -0.25) is 0 Å². The molecule has 1 aromatic heterocycles. The summed E-state index contributed by atoms with van der Waals surface area (Å²) in [4.78, 5) is 0. The van der Waals surface area contributed by atoms with Gasteiger partial charge in [0.05, 0.1) is 0 Å². The average molecular weight is 297 g/mol. The van der Waals surface area contributed by atoms with Gasteiger partial charge in [0.2, 0.25) is 0 Å². The third kappa shape index (κ3) is 2.24. The summed E-state index contributed by atoms with van der Waals surface area (Å²) in [6.45, 7) is 1.55. The van der Waals surface area contributed by atoms with Crippen LogP contribution in [0.25, 0.3) is 11.0 Å². The minimum absolute atomic E-state index is 0.261. The maximum atomic E-state index is 9.96. The van der Waals surface area contributed by atoms with E-state index in [9.17, 15) is 5.11 Å². The van der Waals surface area contributed by atoms with Gasteiger partial charge in [-0.2, -0.15) is 0 Å². The molecule has 2 aromatic carbocycles. The van der Waals surface area contributed by atoms with Crippen molar-refractivity contribution in [3.05, 3.63) is 60.2 Å². The van der Waals surface area contributed by atoms with Crippen molar-refractivity contribution in [1.29, 1.82) is 0 Å². The molecule has 1 aliphatic heterocycles. The summed E-state index contributed by atoms with van der Waals surface area (Å²) < 4.78 is 4.61. The monoisotopic (exact) mass is 297 g/mol. The van der Waals surface area contributed by atoms with E-state index in [4.69, 9.17) is 0 Å². The number of nitrogens with zero attached hydrogens (tertiary/aromatic N) is 2. The first-order valence-corrected chi connectivity index (χ1v) is 8.17. The highest BCUT2D eigenvalue weighted by Crippen LogP contribution is 2.27. The number of hydrogen-bond acceptors (Lipinski definition) is 2. The van der Waals surface area contributed by atoms with Crippen LogP contribution < -0.4 is 4.57 Å². The molecule has 4 heteroatoms. The van der Waals surface area contributed by atoms with Gasteiger partial charge in [-0.1, -0.05) is 42.5 Å². The van der Waals surface area contributed by atoms with Gasteiger partial charge in [0, 0.05) is 5.75 Å². The number of hydrogen-bond donors (Lipinski definition) is 1. The molecule has 1 unspecified atom stereocenters. The molecule has 0 aliphatic carbocycles. The zero-order valence-corrected chi connectivity index (χ0v) is 12.5. The first-order valence-electron chi connectivity index (χ1n) is 7.19. The summed E-state index contributed by atoms with van der Waals surface area (Å²) in [5.41, 5.74) is 3.74. The van der Waals surface area contributed by atoms with Gasteiger partial charge in [-0.05, 0) is 29.5 Å². The Hall–Kier alpha value is -1.78. The third-order valence-corrected chi connectivity index (χ3v) is 5.16. The van der Waals surface area contributed by atoms with E-state index in [1.807, 2.05) is 6.07 Å². The van der Waals surface area contributed by atoms with Gasteiger partial charge >= 0.3 is 5.16 Å². The van der Waals surface area contributed by atoms with Crippen molar-refractivity contribution >= 4 is 22.8 Å². The van der Waals surface area contributed by atoms with E-state index >= 15 is 0 Å². The van der Waals surface area contributed by atoms with Gasteiger partial charge < -0.3 is 5.11 Å². The van der Waals surface area contributed by atoms with Crippen LogP contribution in [0.2, 0.25) is 0 Å². The van der Waals surface area contributed by atoms with Crippen LogP contribution in [-0.4, -0.2) is 21.5 Å². The highest BCUT2D eigenvalue weighted by Gasteiger charge is 2.31. The maximum absolute atomic E-state index is 9.96. The van der Waals surface area contributed by atoms with Crippen molar-refractivity contribution in [2.45, 2.75) is 24.3 Å². The molecule has 2 heterocycles. The number of benzene rings is 2. The molecule has 0 radical (unpaired) electrons. The van der Waals surface area contributed by atoms with E-state index in [1.54, 1.807) is 11.8 Å². The molecule has 106 valence electrons. The second kappa shape index (κ2) is 5.20. The molecule has 1 atom stereocenters. The lowest BCUT2D eigenvalue weighted by Crippen LogP contribution is -2.45. The largest absolute Gasteiger partial charge is 0.388 e. The van der Waals surface area contributed by atoms with Crippen molar-refractivity contribution in [3.8, 4) is 0 Å². The van der Waals surface area contributed by atoms with Crippen LogP contribution in [0.4, 0.5) is 0 Å². The molecule has 0 saturated carbocycles. The summed E-state index contributed by atoms with van der Waals surface area (Å²) in [6, 6.07) is 19.0. The van der Waals surface area contributed by atoms with Gasteiger partial charge in [0.15, 0.2) is 11.0 Å². The molecule has 21 heavy (non-hydrogen) atoms. The Morgan fingerprint density at radius 3 is 2.71 bits per heavy atom. The number of thioether (sulfide) groups is 1. The summed E-state index contributed by atoms with van der Waals surface area (Å²) in [5, 5.41) is 11.2. The van der Waals surface area contributed by atoms with Crippen molar-refractivity contribution < 1.29 is 9.67 Å². The lowest BCUT2D eigenvalue weighted by molar-refractivity contribution is -0.717. The van der Waals surface area contributed by atoms with Crippen LogP contribution in [-0.2, 0) is 13.1 Å². The number of aliphatic hydroxyl groups is 1. The van der Waals surface area contributed by atoms with Crippen molar-refractivity contribution in [3.63, 3.8) is 0 Å². The summed E-state index contributed by atoms with van der Waals surface area (Å²) >= 11 is 1.74. The van der Waals surface area contributed by atoms with E-state index in [1.165, 1.54) is 21.8 Å². The molecule has 0 amide bonds. The summed E-state index contributed by atoms with van der Waals surface area (Å²) in [5.74, 6) is 0.769. The quantitative estimate of drug-likeness (QED) is 0.736. The zero-order chi connectivity index (χ0) is 14.2. The topological polar surface area (TPSA) is 29.0 Å². The van der Waals surface area contributed by atoms with Crippen LogP contribution in [0, 0.1) is 0 Å². The predicted octanol–water partition coefficient (Wildman–Crippen LogP) is 2.44. The fraction of sp³-hybridized carbons (Fsp3) is 0.235. The molecule has 1 aliphatic rings. The number of rotatable bonds is 2. The number of para-hydroxylation sites is 2. The van der Waals surface area contributed by atoms with Crippen LogP contribution in [0.3, 0.4) is 0 Å². The Bertz CT molecular complexity index is 782. The van der Waals surface area contributed by atoms with Crippen molar-refractivity contribution in [1.82, 2.24) is 4.57 Å². The Morgan fingerprint density at radius 1 is 1.10 bits per heavy atom. The minimum Gasteiger partial charge on any atom is -0.388 e. The number of imidazole rings is 1. The Morgan fingerprint density at radius 2 is 1.86 bits per heavy atom. The lowest BCUT2D eigenvalue weighted by atomic mass is 10.2. The molecule has 0 saturated heterocycles. The van der Waals surface area contributed by atoms with E-state index in [-0.39, 0.29) is 6.10 Å². The molecular weight excluding hydrogens is 280 g/mol. The molecule has 1 N–H and O–H groups in total. The average Bonchev–Trinajstić information content (AvgIpc) is 2.82. The summed E-state index contributed by atoms with van der Waals surface area (Å²) in [7, 11) is 0. The number of aromatic nitrogens is 2. The Kier molecular flexibility index (Phi) is 3.20. The first-order chi connectivity index (χ1) is 10.3. The van der Waals surface area contributed by atoms with Crippen LogP contribution >= 0.6 is 11.8 Å². The second-order valence-electron chi connectivity index (χ2n) is 5.42. The van der Waals surface area contributed by atoms with Crippen molar-refractivity contribution in [2.75, 3.05) is 5.75 Å². The zero-order valence-electron chi connectivity index (χ0n) is 11.6. The normalized spacial score (nSPS) is 17.9. The van der Waals surface area contributed by atoms with Crippen LogP contribution in [0.15, 0.2) is 59.8 Å². The lowest BCUT2D eigenvalue weighted by Gasteiger charge is -2.14. The molecule has 0 bridgehead atoms. The molecule has 0 spiro atoms. The SMILES string of the molecule is OC1CSc2n(Cc3ccccc3)c3ccccc3[n+]2C1. The fourth-order valence-electron chi connectivity index (χ4n) is 2.96. The predicted molar refractivity (Wildman–Crippen MR) is 84.4 cm³/mol. The van der Waals surface area contributed by atoms with Gasteiger partial charge in [-0.15, -0.1) is 0 Å². The van der Waals surface area contributed by atoms with Gasteiger partial charge in [0.1, 0.15) is 19.2 Å². The van der Waals surface area contributed by atoms with Crippen LogP contribution in [0.1, 0.15) is 5.56 Å². The highest BCUT2D eigenvalue weighted by molar-refractivity contribution is 7.99. The van der Waals surface area contributed by atoms with Crippen LogP contribution in [0.5, 0.6) is 0 Å². The summed E-state index contributed by atoms with van der Waals surface area (Å²) in [6.07, 6.45) is -0.261. The fourth-order valence-corrected chi connectivity index (χ4v) is 4.05. The standard InChI is InChI=1S/C17H17N2OS/c20-14-11-19-16-9-5-4-8-15(16)18(17(19)21-12-14)10-13-6-2-1-3-7-13/h1-9,14,20H,10-12H2/q+1. The van der Waals surface area contributed by atoms with E-state index in [2.05, 4.69) is 57.7 Å². The minimum atomic E-state index is -0.261. The van der Waals surface area contributed by atoms with Crippen molar-refractivity contribution in [2.24, 2.45) is 0 Å². The molecular formula is C17H17N2OS+. The second-order valence-corrected chi connectivity index (χ2v) is 6.41. The van der Waals surface area contributed by atoms with Gasteiger partial charge in [-0.25, -0.2) is 9.13 Å². The van der Waals surface area contributed by atoms with E-state index < -0.39 is 0 Å². The third-order valence-electron chi connectivity index (χ3n) is 3.91. The molecule has 3 nitrogen and oxygen atoms in total. The van der Waals surface area contributed by atoms with E-state index in [0.717, 1.165) is 12.3 Å². The Labute approximate surface area is 127 Å². The van der Waals surface area contributed by atoms with Gasteiger partial charge in [0.25, 0.3) is 0 Å². The Balaban J connectivity index is 1.88. The number of aliphatic hydroxyl groups excluding tert-OH is 1. The highest BCUT2D eigenvalue weighted by atomic mass is 32.2.